The fourth-order valence-electron chi connectivity index (χ4n) is 2.03. The molecular weight excluding hydrogens is 264 g/mol. The van der Waals surface area contributed by atoms with E-state index in [2.05, 4.69) is 10.8 Å². The Hall–Kier alpha value is -2.55. The molecule has 2 aromatic carbocycles. The van der Waals surface area contributed by atoms with Crippen LogP contribution in [0.3, 0.4) is 0 Å². The smallest absolute Gasteiger partial charge is 0.337 e. The summed E-state index contributed by atoms with van der Waals surface area (Å²) in [6.07, 6.45) is 4.01. The number of hydrogen-bond donors (Lipinski definition) is 0. The molecular formula is C18H18O3. The van der Waals surface area contributed by atoms with Crippen LogP contribution in [0.1, 0.15) is 27.0 Å². The predicted octanol–water partition coefficient (Wildman–Crippen LogP) is 3.96. The quantitative estimate of drug-likeness (QED) is 0.629. The summed E-state index contributed by atoms with van der Waals surface area (Å²) >= 11 is 0. The van der Waals surface area contributed by atoms with E-state index in [0.717, 1.165) is 22.4 Å². The van der Waals surface area contributed by atoms with Crippen molar-refractivity contribution in [1.29, 1.82) is 0 Å². The van der Waals surface area contributed by atoms with Gasteiger partial charge < -0.3 is 9.47 Å². The first kappa shape index (κ1) is 14.9. The van der Waals surface area contributed by atoms with Gasteiger partial charge >= 0.3 is 5.97 Å². The first-order valence-corrected chi connectivity index (χ1v) is 6.64. The second-order valence-corrected chi connectivity index (χ2v) is 4.73. The topological polar surface area (TPSA) is 35.5 Å². The van der Waals surface area contributed by atoms with Gasteiger partial charge in [0.1, 0.15) is 5.75 Å². The molecule has 3 nitrogen and oxygen atoms in total. The normalized spacial score (nSPS) is 10.6. The van der Waals surface area contributed by atoms with E-state index in [1.165, 1.54) is 7.11 Å². The van der Waals surface area contributed by atoms with Crippen LogP contribution >= 0.6 is 0 Å². The van der Waals surface area contributed by atoms with E-state index in [1.807, 2.05) is 43.3 Å². The molecule has 0 amide bonds. The van der Waals surface area contributed by atoms with Gasteiger partial charge in [-0.05, 0) is 47.9 Å². The molecule has 0 aromatic heterocycles. The molecule has 0 heterocycles. The molecule has 0 saturated heterocycles. The summed E-state index contributed by atoms with van der Waals surface area (Å²) in [6, 6.07) is 13.3. The fraction of sp³-hybridized carbons (Fsp3) is 0.167. The van der Waals surface area contributed by atoms with E-state index in [-0.39, 0.29) is 5.97 Å². The van der Waals surface area contributed by atoms with Crippen molar-refractivity contribution in [3.63, 3.8) is 0 Å². The maximum Gasteiger partial charge on any atom is 0.337 e. The molecule has 0 aliphatic rings. The molecule has 0 fully saturated rings. The standard InChI is InChI=1S/C18H18O3/c1-13-10-15(12-17(11-13)20-2)5-4-14-6-8-16(9-7-14)18(19)21-3/h4-12H,1-3H3/b5-4+. The number of hydrogen-bond acceptors (Lipinski definition) is 3. The van der Waals surface area contributed by atoms with E-state index in [1.54, 1.807) is 19.2 Å². The lowest BCUT2D eigenvalue weighted by atomic mass is 10.1. The minimum absolute atomic E-state index is 0.325. The van der Waals surface area contributed by atoms with Crippen LogP contribution in [-0.2, 0) is 4.74 Å². The number of aryl methyl sites for hydroxylation is 1. The number of carbonyl (C=O) groups excluding carboxylic acids is 1. The maximum absolute atomic E-state index is 11.4. The van der Waals surface area contributed by atoms with Crippen molar-refractivity contribution in [2.45, 2.75) is 6.92 Å². The summed E-state index contributed by atoms with van der Waals surface area (Å²) in [6.45, 7) is 2.03. The number of ether oxygens (including phenoxy) is 2. The lowest BCUT2D eigenvalue weighted by molar-refractivity contribution is 0.0600. The van der Waals surface area contributed by atoms with Gasteiger partial charge in [0.2, 0.25) is 0 Å². The average molecular weight is 282 g/mol. The molecule has 3 heteroatoms. The zero-order valence-corrected chi connectivity index (χ0v) is 12.4. The lowest BCUT2D eigenvalue weighted by Crippen LogP contribution is -2.00. The van der Waals surface area contributed by atoms with Gasteiger partial charge in [0.15, 0.2) is 0 Å². The molecule has 0 atom stereocenters. The Labute approximate surface area is 124 Å². The Morgan fingerprint density at radius 3 is 2.24 bits per heavy atom. The third-order valence-electron chi connectivity index (χ3n) is 3.11. The Morgan fingerprint density at radius 1 is 0.952 bits per heavy atom. The molecule has 2 aromatic rings. The molecule has 108 valence electrons. The molecule has 2 rings (SSSR count). The Balaban J connectivity index is 2.17. The van der Waals surface area contributed by atoms with Gasteiger partial charge in [0.25, 0.3) is 0 Å². The van der Waals surface area contributed by atoms with Crippen LogP contribution in [0.15, 0.2) is 42.5 Å². The van der Waals surface area contributed by atoms with E-state index in [4.69, 9.17) is 4.74 Å². The van der Waals surface area contributed by atoms with Crippen LogP contribution in [0, 0.1) is 6.92 Å². The van der Waals surface area contributed by atoms with Gasteiger partial charge in [-0.15, -0.1) is 0 Å². The van der Waals surface area contributed by atoms with E-state index >= 15 is 0 Å². The Morgan fingerprint density at radius 2 is 1.62 bits per heavy atom. The van der Waals surface area contributed by atoms with Crippen LogP contribution in [0.4, 0.5) is 0 Å². The molecule has 0 aliphatic heterocycles. The largest absolute Gasteiger partial charge is 0.497 e. The van der Waals surface area contributed by atoms with Crippen molar-refractivity contribution in [2.75, 3.05) is 14.2 Å². The van der Waals surface area contributed by atoms with Gasteiger partial charge in [-0.2, -0.15) is 0 Å². The zero-order valence-electron chi connectivity index (χ0n) is 12.4. The van der Waals surface area contributed by atoms with Crippen molar-refractivity contribution >= 4 is 18.1 Å². The first-order valence-electron chi connectivity index (χ1n) is 6.64. The van der Waals surface area contributed by atoms with E-state index in [0.29, 0.717) is 5.56 Å². The van der Waals surface area contributed by atoms with Gasteiger partial charge in [-0.1, -0.05) is 30.4 Å². The lowest BCUT2D eigenvalue weighted by Gasteiger charge is -2.03. The second kappa shape index (κ2) is 6.75. The molecule has 0 aliphatic carbocycles. The monoisotopic (exact) mass is 282 g/mol. The van der Waals surface area contributed by atoms with E-state index < -0.39 is 0 Å². The van der Waals surface area contributed by atoms with E-state index in [9.17, 15) is 4.79 Å². The average Bonchev–Trinajstić information content (AvgIpc) is 2.52. The number of esters is 1. The van der Waals surface area contributed by atoms with Crippen molar-refractivity contribution < 1.29 is 14.3 Å². The summed E-state index contributed by atoms with van der Waals surface area (Å²) in [7, 11) is 3.04. The molecule has 21 heavy (non-hydrogen) atoms. The van der Waals surface area contributed by atoms with Crippen molar-refractivity contribution in [3.05, 3.63) is 64.7 Å². The second-order valence-electron chi connectivity index (χ2n) is 4.73. The van der Waals surface area contributed by atoms with Gasteiger partial charge in [-0.25, -0.2) is 4.79 Å². The molecule has 0 saturated carbocycles. The van der Waals surface area contributed by atoms with Crippen molar-refractivity contribution in [1.82, 2.24) is 0 Å². The summed E-state index contributed by atoms with van der Waals surface area (Å²) in [5, 5.41) is 0. The minimum atomic E-state index is -0.325. The fourth-order valence-corrected chi connectivity index (χ4v) is 2.03. The highest BCUT2D eigenvalue weighted by Gasteiger charge is 2.03. The number of benzene rings is 2. The number of carbonyl (C=O) groups is 1. The van der Waals surface area contributed by atoms with Crippen LogP contribution < -0.4 is 4.74 Å². The first-order chi connectivity index (χ1) is 10.1. The van der Waals surface area contributed by atoms with Crippen LogP contribution in [-0.4, -0.2) is 20.2 Å². The third-order valence-corrected chi connectivity index (χ3v) is 3.11. The van der Waals surface area contributed by atoms with Gasteiger partial charge in [-0.3, -0.25) is 0 Å². The predicted molar refractivity (Wildman–Crippen MR) is 84.4 cm³/mol. The summed E-state index contributed by atoms with van der Waals surface area (Å²) in [5.41, 5.74) is 3.79. The molecule has 0 N–H and O–H groups in total. The molecule has 0 unspecified atom stereocenters. The summed E-state index contributed by atoms with van der Waals surface area (Å²) < 4.78 is 9.93. The zero-order chi connectivity index (χ0) is 15.2. The molecule has 0 bridgehead atoms. The molecule has 0 spiro atoms. The van der Waals surface area contributed by atoms with Gasteiger partial charge in [0.05, 0.1) is 19.8 Å². The highest BCUT2D eigenvalue weighted by atomic mass is 16.5. The maximum atomic E-state index is 11.4. The Bertz CT molecular complexity index is 655. The third kappa shape index (κ3) is 3.96. The van der Waals surface area contributed by atoms with Crippen molar-refractivity contribution in [3.8, 4) is 5.75 Å². The summed E-state index contributed by atoms with van der Waals surface area (Å²) in [5.74, 6) is 0.518. The number of methoxy groups -OCH3 is 2. The highest BCUT2D eigenvalue weighted by molar-refractivity contribution is 5.89. The number of rotatable bonds is 4. The van der Waals surface area contributed by atoms with Crippen molar-refractivity contribution in [2.24, 2.45) is 0 Å². The summed E-state index contributed by atoms with van der Waals surface area (Å²) in [4.78, 5) is 11.4. The Kier molecular flexibility index (Phi) is 4.77. The van der Waals surface area contributed by atoms with Crippen LogP contribution in [0.25, 0.3) is 12.2 Å². The minimum Gasteiger partial charge on any atom is -0.497 e. The van der Waals surface area contributed by atoms with Crippen LogP contribution in [0.2, 0.25) is 0 Å². The highest BCUT2D eigenvalue weighted by Crippen LogP contribution is 2.18. The SMILES string of the molecule is COC(=O)c1ccc(/C=C/c2cc(C)cc(OC)c2)cc1. The van der Waals surface area contributed by atoms with Crippen LogP contribution in [0.5, 0.6) is 5.75 Å². The van der Waals surface area contributed by atoms with Gasteiger partial charge in [0, 0.05) is 0 Å². The molecule has 0 radical (unpaired) electrons.